The Kier molecular flexibility index (Phi) is 5.29. The van der Waals surface area contributed by atoms with Crippen LogP contribution in [-0.2, 0) is 10.0 Å². The first-order valence-corrected chi connectivity index (χ1v) is 9.95. The molecule has 0 bridgehead atoms. The van der Waals surface area contributed by atoms with E-state index in [0.717, 1.165) is 18.4 Å². The summed E-state index contributed by atoms with van der Waals surface area (Å²) in [6.07, 6.45) is 2.44. The van der Waals surface area contributed by atoms with Gasteiger partial charge in [-0.15, -0.1) is 0 Å². The van der Waals surface area contributed by atoms with E-state index in [2.05, 4.69) is 4.98 Å². The Labute approximate surface area is 152 Å². The lowest BCUT2D eigenvalue weighted by molar-refractivity contribution is 0.0928. The van der Waals surface area contributed by atoms with Crippen LogP contribution in [0.25, 0.3) is 0 Å². The Bertz CT molecular complexity index is 834. The molecular weight excluding hydrogens is 362 g/mol. The van der Waals surface area contributed by atoms with Crippen LogP contribution in [-0.4, -0.2) is 31.6 Å². The van der Waals surface area contributed by atoms with Gasteiger partial charge >= 0.3 is 0 Å². The third-order valence-corrected chi connectivity index (χ3v) is 5.74. The zero-order valence-corrected chi connectivity index (χ0v) is 15.1. The molecule has 0 amide bonds. The Morgan fingerprint density at radius 2 is 1.84 bits per heavy atom. The van der Waals surface area contributed by atoms with Crippen LogP contribution in [0.2, 0.25) is 5.02 Å². The number of aliphatic hydroxyl groups excluding tert-OH is 1. The quantitative estimate of drug-likeness (QED) is 0.847. The summed E-state index contributed by atoms with van der Waals surface area (Å²) in [7, 11) is -3.83. The van der Waals surface area contributed by atoms with Crippen molar-refractivity contribution in [2.45, 2.75) is 23.8 Å². The minimum absolute atomic E-state index is 0.0340. The molecule has 6 nitrogen and oxygen atoms in total. The zero-order chi connectivity index (χ0) is 18.0. The van der Waals surface area contributed by atoms with Gasteiger partial charge < -0.3 is 10.0 Å². The lowest BCUT2D eigenvalue weighted by Crippen LogP contribution is -2.37. The van der Waals surface area contributed by atoms with Crippen LogP contribution >= 0.6 is 11.6 Å². The lowest BCUT2D eigenvalue weighted by atomic mass is 9.87. The van der Waals surface area contributed by atoms with E-state index in [1.807, 2.05) is 17.0 Å². The summed E-state index contributed by atoms with van der Waals surface area (Å²) in [6.45, 7) is 1.21. The van der Waals surface area contributed by atoms with Crippen molar-refractivity contribution in [1.82, 2.24) is 4.98 Å². The molecule has 25 heavy (non-hydrogen) atoms. The summed E-state index contributed by atoms with van der Waals surface area (Å²) < 4.78 is 23.5. The van der Waals surface area contributed by atoms with Gasteiger partial charge in [0.2, 0.25) is 10.0 Å². The fourth-order valence-corrected chi connectivity index (χ4v) is 4.03. The number of piperidine rings is 1. The number of primary sulfonamides is 1. The molecule has 1 aliphatic rings. The summed E-state index contributed by atoms with van der Waals surface area (Å²) >= 11 is 5.89. The molecule has 2 aromatic rings. The molecule has 1 atom stereocenters. The van der Waals surface area contributed by atoms with Gasteiger partial charge in [0, 0.05) is 24.3 Å². The second kappa shape index (κ2) is 7.29. The van der Waals surface area contributed by atoms with Crippen molar-refractivity contribution in [3.63, 3.8) is 0 Å². The predicted octanol–water partition coefficient (Wildman–Crippen LogP) is 2.33. The first-order chi connectivity index (χ1) is 11.9. The standard InChI is InChI=1S/C17H20ClN3O3S/c18-14-5-3-12(4-6-14)16(22)13-7-10-21(11-8-13)17-15(25(19,23)24)2-1-9-20-17/h1-6,9,13,16,22H,7-8,10-11H2,(H2,19,23,24)/t16-/m0/s1. The Morgan fingerprint density at radius 1 is 1.20 bits per heavy atom. The van der Waals surface area contributed by atoms with E-state index in [1.165, 1.54) is 6.07 Å². The van der Waals surface area contributed by atoms with Gasteiger partial charge in [0.15, 0.2) is 0 Å². The van der Waals surface area contributed by atoms with Gasteiger partial charge in [-0.05, 0) is 48.6 Å². The van der Waals surface area contributed by atoms with E-state index in [0.29, 0.717) is 23.9 Å². The number of pyridine rings is 1. The maximum atomic E-state index is 11.7. The molecule has 0 radical (unpaired) electrons. The van der Waals surface area contributed by atoms with Crippen molar-refractivity contribution < 1.29 is 13.5 Å². The molecule has 1 saturated heterocycles. The number of hydrogen-bond donors (Lipinski definition) is 2. The van der Waals surface area contributed by atoms with Crippen molar-refractivity contribution in [2.24, 2.45) is 11.1 Å². The van der Waals surface area contributed by atoms with E-state index in [4.69, 9.17) is 16.7 Å². The predicted molar refractivity (Wildman–Crippen MR) is 97.0 cm³/mol. The normalized spacial score (nSPS) is 17.5. The number of sulfonamides is 1. The Morgan fingerprint density at radius 3 is 2.44 bits per heavy atom. The summed E-state index contributed by atoms with van der Waals surface area (Å²) in [6, 6.07) is 10.2. The molecule has 1 fully saturated rings. The first-order valence-electron chi connectivity index (χ1n) is 8.02. The van der Waals surface area contributed by atoms with Gasteiger partial charge in [0.05, 0.1) is 6.10 Å². The summed E-state index contributed by atoms with van der Waals surface area (Å²) in [5.41, 5.74) is 0.839. The van der Waals surface area contributed by atoms with E-state index < -0.39 is 16.1 Å². The van der Waals surface area contributed by atoms with Crippen molar-refractivity contribution in [2.75, 3.05) is 18.0 Å². The van der Waals surface area contributed by atoms with Crippen molar-refractivity contribution in [1.29, 1.82) is 0 Å². The minimum atomic E-state index is -3.83. The van der Waals surface area contributed by atoms with E-state index in [9.17, 15) is 13.5 Å². The van der Waals surface area contributed by atoms with Crippen LogP contribution in [0.3, 0.4) is 0 Å². The number of halogens is 1. The van der Waals surface area contributed by atoms with Crippen LogP contribution in [0.4, 0.5) is 5.82 Å². The fraction of sp³-hybridized carbons (Fsp3) is 0.353. The molecule has 3 rings (SSSR count). The van der Waals surface area contributed by atoms with Crippen molar-refractivity contribution in [3.05, 3.63) is 53.2 Å². The number of benzene rings is 1. The van der Waals surface area contributed by atoms with Crippen LogP contribution in [0.15, 0.2) is 47.5 Å². The largest absolute Gasteiger partial charge is 0.388 e. The molecule has 3 N–H and O–H groups in total. The number of hydrogen-bond acceptors (Lipinski definition) is 5. The number of nitrogens with two attached hydrogens (primary N) is 1. The van der Waals surface area contributed by atoms with Crippen LogP contribution in [0.5, 0.6) is 0 Å². The number of rotatable bonds is 4. The SMILES string of the molecule is NS(=O)(=O)c1cccnc1N1CCC([C@@H](O)c2ccc(Cl)cc2)CC1. The second-order valence-corrected chi connectivity index (χ2v) is 8.16. The number of aliphatic hydroxyl groups is 1. The summed E-state index contributed by atoms with van der Waals surface area (Å²) in [5, 5.41) is 16.5. The monoisotopic (exact) mass is 381 g/mol. The van der Waals surface area contributed by atoms with Crippen molar-refractivity contribution >= 4 is 27.4 Å². The van der Waals surface area contributed by atoms with Gasteiger partial charge in [0.25, 0.3) is 0 Å². The molecule has 0 spiro atoms. The highest BCUT2D eigenvalue weighted by atomic mass is 35.5. The molecule has 8 heteroatoms. The van der Waals surface area contributed by atoms with Crippen molar-refractivity contribution in [3.8, 4) is 0 Å². The highest BCUT2D eigenvalue weighted by molar-refractivity contribution is 7.89. The van der Waals surface area contributed by atoms with E-state index in [-0.39, 0.29) is 10.8 Å². The first kappa shape index (κ1) is 18.1. The van der Waals surface area contributed by atoms with Crippen LogP contribution < -0.4 is 10.0 Å². The Balaban J connectivity index is 1.71. The van der Waals surface area contributed by atoms with Gasteiger partial charge in [0.1, 0.15) is 10.7 Å². The molecule has 0 saturated carbocycles. The second-order valence-electron chi connectivity index (χ2n) is 6.19. The summed E-state index contributed by atoms with van der Waals surface area (Å²) in [4.78, 5) is 6.14. The highest BCUT2D eigenvalue weighted by Crippen LogP contribution is 2.33. The van der Waals surface area contributed by atoms with Crippen LogP contribution in [0, 0.1) is 5.92 Å². The van der Waals surface area contributed by atoms with Gasteiger partial charge in [-0.25, -0.2) is 18.5 Å². The average molecular weight is 382 g/mol. The molecule has 2 heterocycles. The van der Waals surface area contributed by atoms with Gasteiger partial charge in [-0.1, -0.05) is 23.7 Å². The molecule has 1 aromatic carbocycles. The maximum Gasteiger partial charge on any atom is 0.241 e. The molecule has 0 aliphatic carbocycles. The average Bonchev–Trinajstić information content (AvgIpc) is 2.61. The fourth-order valence-electron chi connectivity index (χ4n) is 3.20. The minimum Gasteiger partial charge on any atom is -0.388 e. The molecule has 1 aromatic heterocycles. The molecule has 134 valence electrons. The smallest absolute Gasteiger partial charge is 0.241 e. The zero-order valence-electron chi connectivity index (χ0n) is 13.5. The highest BCUT2D eigenvalue weighted by Gasteiger charge is 2.29. The number of nitrogens with zero attached hydrogens (tertiary/aromatic N) is 2. The topological polar surface area (TPSA) is 96.5 Å². The van der Waals surface area contributed by atoms with Crippen LogP contribution in [0.1, 0.15) is 24.5 Å². The number of aromatic nitrogens is 1. The molecule has 0 unspecified atom stereocenters. The Hall–Kier alpha value is -1.67. The summed E-state index contributed by atoms with van der Waals surface area (Å²) in [5.74, 6) is 0.475. The van der Waals surface area contributed by atoms with Gasteiger partial charge in [-0.2, -0.15) is 0 Å². The van der Waals surface area contributed by atoms with E-state index in [1.54, 1.807) is 24.4 Å². The third kappa shape index (κ3) is 4.12. The molecule has 1 aliphatic heterocycles. The third-order valence-electron chi connectivity index (χ3n) is 4.55. The lowest BCUT2D eigenvalue weighted by Gasteiger charge is -2.35. The number of anilines is 1. The molecular formula is C17H20ClN3O3S. The van der Waals surface area contributed by atoms with Gasteiger partial charge in [-0.3, -0.25) is 0 Å². The maximum absolute atomic E-state index is 11.7. The van der Waals surface area contributed by atoms with E-state index >= 15 is 0 Å².